The first-order valence-corrected chi connectivity index (χ1v) is 10.6. The summed E-state index contributed by atoms with van der Waals surface area (Å²) >= 11 is 0. The summed E-state index contributed by atoms with van der Waals surface area (Å²) < 4.78 is 0. The van der Waals surface area contributed by atoms with Gasteiger partial charge in [-0.05, 0) is 72.7 Å². The van der Waals surface area contributed by atoms with Gasteiger partial charge in [-0.25, -0.2) is 5.48 Å². The van der Waals surface area contributed by atoms with Crippen molar-refractivity contribution in [3.8, 4) is 0 Å². The molecule has 0 aliphatic heterocycles. The number of nitrogens with zero attached hydrogens (tertiary/aromatic N) is 1. The van der Waals surface area contributed by atoms with Crippen LogP contribution in [0.4, 0.5) is 0 Å². The Hall–Kier alpha value is -2.89. The molecular weight excluding hydrogens is 374 g/mol. The molecule has 2 aromatic carbocycles. The predicted octanol–water partition coefficient (Wildman–Crippen LogP) is 4.55. The van der Waals surface area contributed by atoms with Crippen molar-refractivity contribution >= 4 is 22.9 Å². The van der Waals surface area contributed by atoms with Crippen molar-refractivity contribution in [1.82, 2.24) is 15.4 Å². The number of rotatable bonds is 7. The Labute approximate surface area is 177 Å². The van der Waals surface area contributed by atoms with Gasteiger partial charge in [-0.15, -0.1) is 0 Å². The topological polar surface area (TPSA) is 68.4 Å². The van der Waals surface area contributed by atoms with E-state index in [-0.39, 0.29) is 0 Å². The van der Waals surface area contributed by atoms with Gasteiger partial charge in [0.1, 0.15) is 0 Å². The van der Waals surface area contributed by atoms with Crippen molar-refractivity contribution in [3.63, 3.8) is 0 Å². The van der Waals surface area contributed by atoms with Crippen LogP contribution in [0.5, 0.6) is 0 Å². The Morgan fingerprint density at radius 2 is 2.17 bits per heavy atom. The Morgan fingerprint density at radius 1 is 1.30 bits per heavy atom. The minimum atomic E-state index is -0.516. The number of fused-ring (bicyclic) bond motifs is 2. The highest BCUT2D eigenvalue weighted by atomic mass is 16.5. The van der Waals surface area contributed by atoms with Crippen LogP contribution in [-0.2, 0) is 17.6 Å². The molecule has 1 atom stereocenters. The summed E-state index contributed by atoms with van der Waals surface area (Å²) in [7, 11) is 0. The number of hydrogen-bond donors (Lipinski definition) is 3. The summed E-state index contributed by atoms with van der Waals surface area (Å²) in [5.41, 5.74) is 9.23. The van der Waals surface area contributed by atoms with Gasteiger partial charge in [-0.1, -0.05) is 37.3 Å². The van der Waals surface area contributed by atoms with E-state index in [0.29, 0.717) is 6.04 Å². The van der Waals surface area contributed by atoms with Gasteiger partial charge in [-0.2, -0.15) is 0 Å². The molecule has 0 radical (unpaired) electrons. The first-order valence-electron chi connectivity index (χ1n) is 10.6. The van der Waals surface area contributed by atoms with Gasteiger partial charge >= 0.3 is 0 Å². The summed E-state index contributed by atoms with van der Waals surface area (Å²) in [5.74, 6) is -0.516. The van der Waals surface area contributed by atoms with Crippen LogP contribution in [0.15, 0.2) is 48.7 Å². The zero-order chi connectivity index (χ0) is 21.1. The fraction of sp³-hybridized carbons (Fsp3) is 0.320. The molecule has 5 nitrogen and oxygen atoms in total. The standard InChI is InChI=1S/C25H29N3O2/c1-3-28(13-12-20-16-26-23-14-17(2)4-8-21(20)23)24-10-7-19-15-18(5-9-22(19)24)6-11-25(29)27-30/h4-6,8-9,11,14-16,24,26,30H,3,7,10,12-13H2,1-2H3,(H,27,29)/b11-6+. The third kappa shape index (κ3) is 4.18. The summed E-state index contributed by atoms with van der Waals surface area (Å²) in [6, 6.07) is 13.5. The number of amides is 1. The maximum Gasteiger partial charge on any atom is 0.267 e. The van der Waals surface area contributed by atoms with Gasteiger partial charge in [-0.3, -0.25) is 14.9 Å². The lowest BCUT2D eigenvalue weighted by Crippen LogP contribution is -2.29. The number of likely N-dealkylation sites (N-methyl/N-ethyl adjacent to an activating group) is 1. The molecule has 0 spiro atoms. The monoisotopic (exact) mass is 403 g/mol. The molecule has 1 aromatic heterocycles. The number of aromatic amines is 1. The number of carbonyl (C=O) groups is 1. The average molecular weight is 404 g/mol. The number of nitrogens with one attached hydrogen (secondary N) is 2. The molecule has 3 N–H and O–H groups in total. The Kier molecular flexibility index (Phi) is 6.02. The predicted molar refractivity (Wildman–Crippen MR) is 120 cm³/mol. The maximum atomic E-state index is 11.2. The van der Waals surface area contributed by atoms with Crippen LogP contribution < -0.4 is 5.48 Å². The Balaban J connectivity index is 1.47. The van der Waals surface area contributed by atoms with Crippen molar-refractivity contribution in [2.24, 2.45) is 0 Å². The van der Waals surface area contributed by atoms with Crippen molar-refractivity contribution in [2.45, 2.75) is 39.2 Å². The van der Waals surface area contributed by atoms with E-state index in [9.17, 15) is 4.79 Å². The van der Waals surface area contributed by atoms with Crippen molar-refractivity contribution in [3.05, 3.63) is 76.5 Å². The SMILES string of the molecule is CCN(CCc1c[nH]c2cc(C)ccc12)C1CCc2cc(/C=C/C(=O)NO)ccc21. The van der Waals surface area contributed by atoms with E-state index in [1.54, 1.807) is 11.6 Å². The van der Waals surface area contributed by atoms with Crippen molar-refractivity contribution < 1.29 is 10.0 Å². The highest BCUT2D eigenvalue weighted by Crippen LogP contribution is 2.36. The molecule has 0 saturated heterocycles. The molecule has 5 heteroatoms. The second-order valence-corrected chi connectivity index (χ2v) is 8.06. The molecule has 3 aromatic rings. The quantitative estimate of drug-likeness (QED) is 0.308. The van der Waals surface area contributed by atoms with Gasteiger partial charge in [0.15, 0.2) is 0 Å². The molecule has 0 bridgehead atoms. The van der Waals surface area contributed by atoms with Gasteiger partial charge < -0.3 is 4.98 Å². The molecule has 30 heavy (non-hydrogen) atoms. The van der Waals surface area contributed by atoms with E-state index >= 15 is 0 Å². The van der Waals surface area contributed by atoms with Crippen LogP contribution in [0.2, 0.25) is 0 Å². The summed E-state index contributed by atoms with van der Waals surface area (Å²) in [6.07, 6.45) is 8.43. The number of H-pyrrole nitrogens is 1. The van der Waals surface area contributed by atoms with Gasteiger partial charge in [0.05, 0.1) is 0 Å². The van der Waals surface area contributed by atoms with Gasteiger partial charge in [0, 0.05) is 35.8 Å². The average Bonchev–Trinajstić information content (AvgIpc) is 3.36. The van der Waals surface area contributed by atoms with E-state index in [1.165, 1.54) is 39.2 Å². The molecule has 1 aliphatic rings. The molecule has 1 heterocycles. The van der Waals surface area contributed by atoms with E-state index < -0.39 is 5.91 Å². The number of aryl methyl sites for hydroxylation is 2. The van der Waals surface area contributed by atoms with E-state index in [4.69, 9.17) is 5.21 Å². The second kappa shape index (κ2) is 8.86. The number of hydrogen-bond acceptors (Lipinski definition) is 3. The van der Waals surface area contributed by atoms with Crippen LogP contribution in [0.25, 0.3) is 17.0 Å². The van der Waals surface area contributed by atoms with Gasteiger partial charge in [0.25, 0.3) is 5.91 Å². The fourth-order valence-corrected chi connectivity index (χ4v) is 4.61. The third-order valence-electron chi connectivity index (χ3n) is 6.19. The molecule has 0 saturated carbocycles. The molecule has 0 fully saturated rings. The highest BCUT2D eigenvalue weighted by Gasteiger charge is 2.27. The van der Waals surface area contributed by atoms with E-state index in [2.05, 4.69) is 60.3 Å². The van der Waals surface area contributed by atoms with Crippen LogP contribution in [0.3, 0.4) is 0 Å². The Morgan fingerprint density at radius 3 is 2.97 bits per heavy atom. The summed E-state index contributed by atoms with van der Waals surface area (Å²) in [4.78, 5) is 17.2. The number of benzene rings is 2. The molecule has 4 rings (SSSR count). The second-order valence-electron chi connectivity index (χ2n) is 8.06. The molecule has 1 amide bonds. The highest BCUT2D eigenvalue weighted by molar-refractivity contribution is 5.90. The van der Waals surface area contributed by atoms with E-state index in [1.807, 2.05) is 6.07 Å². The molecule has 156 valence electrons. The first-order chi connectivity index (χ1) is 14.6. The number of hydroxylamine groups is 1. The number of carbonyl (C=O) groups excluding carboxylic acids is 1. The van der Waals surface area contributed by atoms with Crippen LogP contribution >= 0.6 is 0 Å². The van der Waals surface area contributed by atoms with Crippen molar-refractivity contribution in [1.29, 1.82) is 0 Å². The van der Waals surface area contributed by atoms with Gasteiger partial charge in [0.2, 0.25) is 0 Å². The summed E-state index contributed by atoms with van der Waals surface area (Å²) in [5, 5.41) is 9.95. The minimum absolute atomic E-state index is 0.441. The largest absolute Gasteiger partial charge is 0.361 e. The number of aromatic nitrogens is 1. The Bertz CT molecular complexity index is 1080. The van der Waals surface area contributed by atoms with Crippen LogP contribution in [0.1, 0.15) is 47.2 Å². The maximum absolute atomic E-state index is 11.2. The lowest BCUT2D eigenvalue weighted by atomic mass is 10.0. The van der Waals surface area contributed by atoms with Crippen LogP contribution in [-0.4, -0.2) is 34.1 Å². The van der Waals surface area contributed by atoms with Crippen LogP contribution in [0, 0.1) is 6.92 Å². The van der Waals surface area contributed by atoms with Crippen molar-refractivity contribution in [2.75, 3.05) is 13.1 Å². The van der Waals surface area contributed by atoms with E-state index in [0.717, 1.165) is 37.9 Å². The lowest BCUT2D eigenvalue weighted by molar-refractivity contribution is -0.124. The molecule has 1 aliphatic carbocycles. The lowest BCUT2D eigenvalue weighted by Gasteiger charge is -2.28. The normalized spacial score (nSPS) is 15.9. The zero-order valence-electron chi connectivity index (χ0n) is 17.6. The summed E-state index contributed by atoms with van der Waals surface area (Å²) in [6.45, 7) is 6.41. The zero-order valence-corrected chi connectivity index (χ0v) is 17.6. The minimum Gasteiger partial charge on any atom is -0.361 e. The molecular formula is C25H29N3O2. The fourth-order valence-electron chi connectivity index (χ4n) is 4.61. The third-order valence-corrected chi connectivity index (χ3v) is 6.19. The first kappa shape index (κ1) is 20.4. The smallest absolute Gasteiger partial charge is 0.267 e. The molecule has 1 unspecified atom stereocenters.